The van der Waals surface area contributed by atoms with E-state index in [1.807, 2.05) is 41.0 Å². The molecule has 0 atom stereocenters. The van der Waals surface area contributed by atoms with E-state index in [1.165, 1.54) is 30.0 Å². The van der Waals surface area contributed by atoms with Crippen LogP contribution in [0.5, 0.6) is 0 Å². The van der Waals surface area contributed by atoms with Gasteiger partial charge in [-0.25, -0.2) is 0 Å². The van der Waals surface area contributed by atoms with E-state index in [4.69, 9.17) is 11.6 Å². The number of carbonyl (C=O) groups is 1. The molecule has 0 aliphatic rings. The lowest BCUT2D eigenvalue weighted by Crippen LogP contribution is -2.05. The van der Waals surface area contributed by atoms with Crippen LogP contribution in [0.1, 0.15) is 10.4 Å². The first-order valence-corrected chi connectivity index (χ1v) is 11.5. The van der Waals surface area contributed by atoms with Crippen molar-refractivity contribution < 1.29 is 9.72 Å². The summed E-state index contributed by atoms with van der Waals surface area (Å²) < 4.78 is 2.79. The van der Waals surface area contributed by atoms with Gasteiger partial charge in [0, 0.05) is 38.4 Å². The summed E-state index contributed by atoms with van der Waals surface area (Å²) in [5.41, 5.74) is 1.80. The molecule has 0 saturated carbocycles. The molecule has 1 aromatic heterocycles. The van der Waals surface area contributed by atoms with Crippen molar-refractivity contribution in [1.29, 1.82) is 0 Å². The minimum atomic E-state index is -0.521. The Morgan fingerprint density at radius 2 is 1.78 bits per heavy atom. The van der Waals surface area contributed by atoms with E-state index in [1.54, 1.807) is 18.2 Å². The normalized spacial score (nSPS) is 10.8. The highest BCUT2D eigenvalue weighted by molar-refractivity contribution is 9.10. The summed E-state index contributed by atoms with van der Waals surface area (Å²) in [4.78, 5) is 23.2. The van der Waals surface area contributed by atoms with Crippen LogP contribution in [-0.2, 0) is 0 Å². The lowest BCUT2D eigenvalue weighted by atomic mass is 10.1. The lowest BCUT2D eigenvalue weighted by molar-refractivity contribution is -0.384. The third-order valence-electron chi connectivity index (χ3n) is 4.53. The van der Waals surface area contributed by atoms with Crippen LogP contribution in [-0.4, -0.2) is 31.2 Å². The summed E-state index contributed by atoms with van der Waals surface area (Å²) in [6.45, 7) is 0. The molecule has 10 heteroatoms. The van der Waals surface area contributed by atoms with Crippen LogP contribution in [0.3, 0.4) is 0 Å². The average Bonchev–Trinajstić information content (AvgIpc) is 3.22. The van der Waals surface area contributed by atoms with E-state index in [0.29, 0.717) is 16.0 Å². The summed E-state index contributed by atoms with van der Waals surface area (Å²) in [6, 6.07) is 20.6. The number of benzene rings is 3. The quantitative estimate of drug-likeness (QED) is 0.122. The molecule has 0 amide bonds. The number of hydrogen-bond acceptors (Lipinski definition) is 6. The number of rotatable bonds is 7. The molecule has 0 aliphatic carbocycles. The van der Waals surface area contributed by atoms with Gasteiger partial charge in [-0.2, -0.15) is 0 Å². The third kappa shape index (κ3) is 4.90. The van der Waals surface area contributed by atoms with Crippen LogP contribution in [0, 0.1) is 10.1 Å². The van der Waals surface area contributed by atoms with Crippen molar-refractivity contribution in [3.05, 3.63) is 98.0 Å². The van der Waals surface area contributed by atoms with Crippen LogP contribution < -0.4 is 0 Å². The predicted octanol–water partition coefficient (Wildman–Crippen LogP) is 6.23. The summed E-state index contributed by atoms with van der Waals surface area (Å²) in [5, 5.41) is 20.8. The van der Waals surface area contributed by atoms with Crippen LogP contribution in [0.25, 0.3) is 17.1 Å². The Morgan fingerprint density at radius 3 is 2.47 bits per heavy atom. The maximum Gasteiger partial charge on any atom is 0.270 e. The maximum absolute atomic E-state index is 12.7. The zero-order valence-corrected chi connectivity index (χ0v) is 19.5. The van der Waals surface area contributed by atoms with E-state index < -0.39 is 4.92 Å². The second-order valence-electron chi connectivity index (χ2n) is 6.64. The van der Waals surface area contributed by atoms with Gasteiger partial charge in [0.2, 0.25) is 0 Å². The fraction of sp³-hybridized carbons (Fsp3) is 0.0455. The van der Waals surface area contributed by atoms with Gasteiger partial charge in [-0.3, -0.25) is 19.5 Å². The van der Waals surface area contributed by atoms with Crippen molar-refractivity contribution in [1.82, 2.24) is 14.8 Å². The topological polar surface area (TPSA) is 90.9 Å². The van der Waals surface area contributed by atoms with Crippen molar-refractivity contribution in [2.75, 3.05) is 5.75 Å². The van der Waals surface area contributed by atoms with E-state index >= 15 is 0 Å². The zero-order chi connectivity index (χ0) is 22.7. The molecule has 32 heavy (non-hydrogen) atoms. The number of halogens is 2. The van der Waals surface area contributed by atoms with Crippen molar-refractivity contribution in [3.63, 3.8) is 0 Å². The van der Waals surface area contributed by atoms with Gasteiger partial charge in [0.1, 0.15) is 0 Å². The average molecular weight is 530 g/mol. The Hall–Kier alpha value is -3.01. The van der Waals surface area contributed by atoms with Gasteiger partial charge < -0.3 is 0 Å². The fourth-order valence-corrected chi connectivity index (χ4v) is 4.22. The molecule has 0 aliphatic heterocycles. The van der Waals surface area contributed by atoms with Gasteiger partial charge in [0.15, 0.2) is 16.8 Å². The number of Topliss-reactive ketones (excluding diaryl/α,β-unsaturated/α-hetero) is 1. The number of nitrogens with zero attached hydrogens (tertiary/aromatic N) is 4. The summed E-state index contributed by atoms with van der Waals surface area (Å²) in [5.74, 6) is 0.419. The minimum Gasteiger partial charge on any atom is -0.293 e. The maximum atomic E-state index is 12.7. The third-order valence-corrected chi connectivity index (χ3v) is 6.24. The molecular weight excluding hydrogens is 516 g/mol. The van der Waals surface area contributed by atoms with Gasteiger partial charge in [0.05, 0.1) is 10.7 Å². The molecule has 7 nitrogen and oxygen atoms in total. The number of non-ortho nitro benzene ring substituents is 1. The van der Waals surface area contributed by atoms with E-state index in [9.17, 15) is 14.9 Å². The van der Waals surface area contributed by atoms with Crippen LogP contribution >= 0.6 is 39.3 Å². The number of nitro benzene ring substituents is 1. The lowest BCUT2D eigenvalue weighted by Gasteiger charge is -2.10. The first-order chi connectivity index (χ1) is 15.4. The molecule has 3 aromatic carbocycles. The molecule has 1 heterocycles. The Labute approximate surface area is 200 Å². The molecule has 4 aromatic rings. The second-order valence-corrected chi connectivity index (χ2v) is 8.94. The first kappa shape index (κ1) is 22.2. The minimum absolute atomic E-state index is 0.0520. The fourth-order valence-electron chi connectivity index (χ4n) is 2.98. The molecule has 0 radical (unpaired) electrons. The van der Waals surface area contributed by atoms with E-state index in [0.717, 1.165) is 15.7 Å². The summed E-state index contributed by atoms with van der Waals surface area (Å²) in [6.07, 6.45) is 0. The molecule has 0 N–H and O–H groups in total. The van der Waals surface area contributed by atoms with E-state index in [-0.39, 0.29) is 22.8 Å². The first-order valence-electron chi connectivity index (χ1n) is 9.30. The van der Waals surface area contributed by atoms with Gasteiger partial charge in [0.25, 0.3) is 5.69 Å². The van der Waals surface area contributed by atoms with Crippen molar-refractivity contribution in [3.8, 4) is 17.1 Å². The van der Waals surface area contributed by atoms with Gasteiger partial charge in [-0.15, -0.1) is 10.2 Å². The van der Waals surface area contributed by atoms with Crippen LogP contribution in [0.4, 0.5) is 5.69 Å². The highest BCUT2D eigenvalue weighted by Crippen LogP contribution is 2.30. The highest BCUT2D eigenvalue weighted by Gasteiger charge is 2.19. The monoisotopic (exact) mass is 528 g/mol. The Kier molecular flexibility index (Phi) is 6.69. The summed E-state index contributed by atoms with van der Waals surface area (Å²) in [7, 11) is 0. The number of carbonyl (C=O) groups excluding carboxylic acids is 1. The molecule has 4 rings (SSSR count). The van der Waals surface area contributed by atoms with E-state index in [2.05, 4.69) is 26.1 Å². The number of ketones is 1. The number of aromatic nitrogens is 3. The highest BCUT2D eigenvalue weighted by atomic mass is 79.9. The number of nitro groups is 1. The van der Waals surface area contributed by atoms with Gasteiger partial charge in [-0.1, -0.05) is 51.4 Å². The Morgan fingerprint density at radius 1 is 1.06 bits per heavy atom. The Bertz CT molecular complexity index is 1290. The van der Waals surface area contributed by atoms with Crippen molar-refractivity contribution in [2.24, 2.45) is 0 Å². The van der Waals surface area contributed by atoms with Crippen LogP contribution in [0.2, 0.25) is 5.02 Å². The van der Waals surface area contributed by atoms with Gasteiger partial charge >= 0.3 is 0 Å². The van der Waals surface area contributed by atoms with Crippen molar-refractivity contribution >= 4 is 50.8 Å². The van der Waals surface area contributed by atoms with Crippen molar-refractivity contribution in [2.45, 2.75) is 5.16 Å². The molecule has 160 valence electrons. The smallest absolute Gasteiger partial charge is 0.270 e. The molecule has 0 bridgehead atoms. The standard InChI is InChI=1S/C22H14BrClN4O3S/c23-16-6-10-18(11-7-16)27-21(14-4-8-17(24)9-5-14)25-26-22(27)32-13-20(29)15-2-1-3-19(12-15)28(30)31/h1-12H,13H2. The summed E-state index contributed by atoms with van der Waals surface area (Å²) >= 11 is 10.7. The SMILES string of the molecule is O=C(CSc1nnc(-c2ccc(Cl)cc2)n1-c1ccc(Br)cc1)c1cccc([N+](=O)[O-])c1. The largest absolute Gasteiger partial charge is 0.293 e. The second kappa shape index (κ2) is 9.64. The molecule has 0 fully saturated rings. The Balaban J connectivity index is 1.66. The van der Waals surface area contributed by atoms with Gasteiger partial charge in [-0.05, 0) is 48.5 Å². The number of hydrogen-bond donors (Lipinski definition) is 0. The molecule has 0 unspecified atom stereocenters. The zero-order valence-electron chi connectivity index (χ0n) is 16.3. The predicted molar refractivity (Wildman–Crippen MR) is 128 cm³/mol. The molecule has 0 saturated heterocycles. The molecule has 0 spiro atoms. The van der Waals surface area contributed by atoms with Crippen LogP contribution in [0.15, 0.2) is 82.4 Å². The molecular formula is C22H14BrClN4O3S. The number of thioether (sulfide) groups is 1.